The summed E-state index contributed by atoms with van der Waals surface area (Å²) in [6, 6.07) is 3.19. The molecule has 1 aromatic carbocycles. The van der Waals surface area contributed by atoms with Gasteiger partial charge >= 0.3 is 0 Å². The lowest BCUT2D eigenvalue weighted by molar-refractivity contribution is 0.112. The van der Waals surface area contributed by atoms with E-state index in [9.17, 15) is 9.70 Å². The van der Waals surface area contributed by atoms with Gasteiger partial charge in [0.1, 0.15) is 5.69 Å². The highest BCUT2D eigenvalue weighted by Gasteiger charge is 2.07. The van der Waals surface area contributed by atoms with Crippen molar-refractivity contribution in [2.45, 2.75) is 0 Å². The summed E-state index contributed by atoms with van der Waals surface area (Å²) in [4.78, 5) is 20.7. The highest BCUT2D eigenvalue weighted by molar-refractivity contribution is 9.11. The zero-order chi connectivity index (χ0) is 9.14. The normalized spacial score (nSPS) is 9.50. The molecule has 0 atom stereocenters. The molecular formula is C7H3Br2NO2. The first-order valence-corrected chi connectivity index (χ1v) is 4.55. The molecule has 3 nitrogen and oxygen atoms in total. The molecule has 62 valence electrons. The number of rotatable bonds is 2. The van der Waals surface area contributed by atoms with Crippen molar-refractivity contribution in [3.63, 3.8) is 0 Å². The van der Waals surface area contributed by atoms with Crippen LogP contribution in [0.4, 0.5) is 5.69 Å². The van der Waals surface area contributed by atoms with Gasteiger partial charge in [-0.15, -0.1) is 4.91 Å². The monoisotopic (exact) mass is 291 g/mol. The van der Waals surface area contributed by atoms with E-state index in [1.807, 2.05) is 0 Å². The van der Waals surface area contributed by atoms with Crippen molar-refractivity contribution in [3.05, 3.63) is 31.5 Å². The van der Waals surface area contributed by atoms with Crippen LogP contribution in [0, 0.1) is 4.91 Å². The number of aldehydes is 1. The molecule has 0 aromatic heterocycles. The summed E-state index contributed by atoms with van der Waals surface area (Å²) in [5.41, 5.74) is 0.402. The minimum Gasteiger partial charge on any atom is -0.298 e. The van der Waals surface area contributed by atoms with E-state index in [1.54, 1.807) is 6.07 Å². The molecule has 0 N–H and O–H groups in total. The highest BCUT2D eigenvalue weighted by atomic mass is 79.9. The Morgan fingerprint density at radius 3 is 2.50 bits per heavy atom. The molecule has 1 aromatic rings. The standard InChI is InChI=1S/C7H3Br2NO2/c8-5-1-4(3-11)7(10-12)6(9)2-5/h1-3H. The fraction of sp³-hybridized carbons (Fsp3) is 0. The molecule has 0 aliphatic carbocycles. The summed E-state index contributed by atoms with van der Waals surface area (Å²) in [7, 11) is 0. The molecule has 0 amide bonds. The van der Waals surface area contributed by atoms with Gasteiger partial charge in [-0.05, 0) is 33.2 Å². The third-order valence-electron chi connectivity index (χ3n) is 1.28. The van der Waals surface area contributed by atoms with Crippen molar-refractivity contribution in [2.75, 3.05) is 0 Å². The smallest absolute Gasteiger partial charge is 0.152 e. The summed E-state index contributed by atoms with van der Waals surface area (Å²) in [5, 5.41) is 2.73. The summed E-state index contributed by atoms with van der Waals surface area (Å²) in [5.74, 6) is 0. The number of carbonyl (C=O) groups excluding carboxylic acids is 1. The van der Waals surface area contributed by atoms with Gasteiger partial charge in [-0.1, -0.05) is 15.9 Å². The van der Waals surface area contributed by atoms with Crippen LogP contribution in [-0.4, -0.2) is 6.29 Å². The maximum atomic E-state index is 10.5. The van der Waals surface area contributed by atoms with Crippen LogP contribution in [0.2, 0.25) is 0 Å². The molecule has 0 saturated carbocycles. The number of benzene rings is 1. The van der Waals surface area contributed by atoms with E-state index in [0.29, 0.717) is 10.8 Å². The molecule has 1 rings (SSSR count). The third-order valence-corrected chi connectivity index (χ3v) is 2.34. The van der Waals surface area contributed by atoms with Crippen molar-refractivity contribution < 1.29 is 4.79 Å². The minimum absolute atomic E-state index is 0.133. The van der Waals surface area contributed by atoms with E-state index in [0.717, 1.165) is 4.47 Å². The first-order chi connectivity index (χ1) is 5.69. The number of halogens is 2. The van der Waals surface area contributed by atoms with Crippen molar-refractivity contribution in [3.8, 4) is 0 Å². The molecule has 0 saturated heterocycles. The van der Waals surface area contributed by atoms with Gasteiger partial charge in [0.05, 0.1) is 0 Å². The van der Waals surface area contributed by atoms with Crippen LogP contribution in [0.25, 0.3) is 0 Å². The number of hydrogen-bond donors (Lipinski definition) is 0. The third kappa shape index (κ3) is 1.78. The number of carbonyl (C=O) groups is 1. The second-order valence-corrected chi connectivity index (χ2v) is 3.80. The summed E-state index contributed by atoms with van der Waals surface area (Å²) in [6.45, 7) is 0. The molecule has 0 radical (unpaired) electrons. The van der Waals surface area contributed by atoms with E-state index in [2.05, 4.69) is 37.0 Å². The summed E-state index contributed by atoms with van der Waals surface area (Å²) in [6.07, 6.45) is 0.590. The Morgan fingerprint density at radius 1 is 1.33 bits per heavy atom. The Balaban J connectivity index is 3.43. The lowest BCUT2D eigenvalue weighted by atomic mass is 10.2. The van der Waals surface area contributed by atoms with Crippen LogP contribution in [0.1, 0.15) is 10.4 Å². The van der Waals surface area contributed by atoms with Gasteiger partial charge in [-0.2, -0.15) is 0 Å². The fourth-order valence-corrected chi connectivity index (χ4v) is 2.10. The van der Waals surface area contributed by atoms with E-state index in [1.165, 1.54) is 6.07 Å². The first-order valence-electron chi connectivity index (χ1n) is 2.96. The highest BCUT2D eigenvalue weighted by Crippen LogP contribution is 2.31. The predicted octanol–water partition coefficient (Wildman–Crippen LogP) is 3.42. The largest absolute Gasteiger partial charge is 0.298 e. The van der Waals surface area contributed by atoms with Gasteiger partial charge in [0.15, 0.2) is 6.29 Å². The molecule has 0 heterocycles. The van der Waals surface area contributed by atoms with Crippen LogP contribution in [0.15, 0.2) is 26.3 Å². The van der Waals surface area contributed by atoms with E-state index in [4.69, 9.17) is 0 Å². The lowest BCUT2D eigenvalue weighted by Gasteiger charge is -1.99. The van der Waals surface area contributed by atoms with Crippen LogP contribution in [-0.2, 0) is 0 Å². The molecule has 0 fully saturated rings. The number of hydrogen-bond acceptors (Lipinski definition) is 3. The van der Waals surface area contributed by atoms with E-state index < -0.39 is 0 Å². The molecule has 0 bridgehead atoms. The van der Waals surface area contributed by atoms with Crippen molar-refractivity contribution >= 4 is 43.8 Å². The van der Waals surface area contributed by atoms with E-state index >= 15 is 0 Å². The van der Waals surface area contributed by atoms with E-state index in [-0.39, 0.29) is 11.3 Å². The first kappa shape index (κ1) is 9.54. The molecule has 5 heteroatoms. The average molecular weight is 293 g/mol. The second kappa shape index (κ2) is 3.91. The molecule has 12 heavy (non-hydrogen) atoms. The maximum Gasteiger partial charge on any atom is 0.152 e. The summed E-state index contributed by atoms with van der Waals surface area (Å²) >= 11 is 6.30. The Kier molecular flexibility index (Phi) is 3.11. The zero-order valence-corrected chi connectivity index (χ0v) is 8.92. The second-order valence-electron chi connectivity index (χ2n) is 2.03. The minimum atomic E-state index is 0.133. The molecule has 0 spiro atoms. The molecule has 0 aliphatic rings. The SMILES string of the molecule is O=Cc1cc(Br)cc(Br)c1N=O. The molecule has 0 unspecified atom stereocenters. The van der Waals surface area contributed by atoms with Gasteiger partial charge in [0.2, 0.25) is 0 Å². The topological polar surface area (TPSA) is 46.5 Å². The van der Waals surface area contributed by atoms with Crippen LogP contribution >= 0.6 is 31.9 Å². The lowest BCUT2D eigenvalue weighted by Crippen LogP contribution is -1.82. The van der Waals surface area contributed by atoms with Crippen molar-refractivity contribution in [1.82, 2.24) is 0 Å². The van der Waals surface area contributed by atoms with Gasteiger partial charge in [-0.25, -0.2) is 0 Å². The quantitative estimate of drug-likeness (QED) is 0.619. The average Bonchev–Trinajstić information content (AvgIpc) is 2.03. The molecular weight excluding hydrogens is 290 g/mol. The van der Waals surface area contributed by atoms with Crippen molar-refractivity contribution in [1.29, 1.82) is 0 Å². The fourth-order valence-electron chi connectivity index (χ4n) is 0.772. The van der Waals surface area contributed by atoms with Gasteiger partial charge in [0.25, 0.3) is 0 Å². The Bertz CT molecular complexity index is 338. The number of nitrogens with zero attached hydrogens (tertiary/aromatic N) is 1. The van der Waals surface area contributed by atoms with Crippen LogP contribution in [0.3, 0.4) is 0 Å². The molecule has 0 aliphatic heterocycles. The number of nitroso groups, excluding NO2 is 1. The van der Waals surface area contributed by atoms with Gasteiger partial charge in [0, 0.05) is 14.5 Å². The maximum absolute atomic E-state index is 10.5. The van der Waals surface area contributed by atoms with Crippen LogP contribution in [0.5, 0.6) is 0 Å². The zero-order valence-electron chi connectivity index (χ0n) is 5.75. The van der Waals surface area contributed by atoms with Gasteiger partial charge in [-0.3, -0.25) is 4.79 Å². The Morgan fingerprint density at radius 2 is 2.00 bits per heavy atom. The van der Waals surface area contributed by atoms with Crippen LogP contribution < -0.4 is 0 Å². The Labute approximate surface area is 85.4 Å². The summed E-state index contributed by atoms with van der Waals surface area (Å²) < 4.78 is 1.23. The van der Waals surface area contributed by atoms with Gasteiger partial charge < -0.3 is 0 Å². The Hall–Kier alpha value is -0.550. The van der Waals surface area contributed by atoms with Crippen molar-refractivity contribution in [2.24, 2.45) is 5.18 Å². The predicted molar refractivity (Wildman–Crippen MR) is 52.7 cm³/mol.